The maximum absolute atomic E-state index is 12.0. The molecule has 1 aromatic heterocycles. The number of hydrogen-bond acceptors (Lipinski definition) is 5. The van der Waals surface area contributed by atoms with E-state index < -0.39 is 24.6 Å². The lowest BCUT2D eigenvalue weighted by molar-refractivity contribution is -0.154. The van der Waals surface area contributed by atoms with Gasteiger partial charge in [-0.3, -0.25) is 0 Å². The molecule has 8 heteroatoms. The van der Waals surface area contributed by atoms with Crippen LogP contribution in [0, 0.1) is 0 Å². The van der Waals surface area contributed by atoms with Gasteiger partial charge >= 0.3 is 12.1 Å². The minimum atomic E-state index is -4.52. The lowest BCUT2D eigenvalue weighted by atomic mass is 10.2. The molecule has 18 heavy (non-hydrogen) atoms. The number of nitrogens with zero attached hydrogens (tertiary/aromatic N) is 1. The Hall–Kier alpha value is -1.99. The van der Waals surface area contributed by atoms with Gasteiger partial charge in [0.1, 0.15) is 5.56 Å². The molecule has 2 N–H and O–H groups in total. The van der Waals surface area contributed by atoms with E-state index in [0.717, 1.165) is 12.3 Å². The van der Waals surface area contributed by atoms with Gasteiger partial charge in [-0.15, -0.1) is 0 Å². The van der Waals surface area contributed by atoms with Gasteiger partial charge in [0.05, 0.1) is 18.5 Å². The Kier molecular flexibility index (Phi) is 4.35. The Bertz CT molecular complexity index is 435. The van der Waals surface area contributed by atoms with E-state index in [1.54, 1.807) is 6.92 Å². The molecule has 1 heterocycles. The second-order valence-corrected chi connectivity index (χ2v) is 3.25. The lowest BCUT2D eigenvalue weighted by Crippen LogP contribution is -2.21. The number of rotatable bonds is 4. The average molecular weight is 264 g/mol. The first-order valence-electron chi connectivity index (χ1n) is 4.95. The number of nitrogens with two attached hydrogens (primary N) is 1. The van der Waals surface area contributed by atoms with Gasteiger partial charge in [-0.25, -0.2) is 9.78 Å². The van der Waals surface area contributed by atoms with Gasteiger partial charge in [-0.2, -0.15) is 13.2 Å². The predicted molar refractivity (Wildman–Crippen MR) is 56.2 cm³/mol. The second-order valence-electron chi connectivity index (χ2n) is 3.25. The summed E-state index contributed by atoms with van der Waals surface area (Å²) in [6, 6.07) is 1.15. The van der Waals surface area contributed by atoms with Crippen molar-refractivity contribution >= 4 is 11.7 Å². The fraction of sp³-hybridized carbons (Fsp3) is 0.400. The standard InChI is InChI=1S/C10H11F3N2O3/c1-2-17-9(16)7-3-6(14)4-15-8(7)18-5-10(11,12)13/h3-4H,2,5,14H2,1H3. The number of halogens is 3. The van der Waals surface area contributed by atoms with Crippen LogP contribution in [0.3, 0.4) is 0 Å². The van der Waals surface area contributed by atoms with Gasteiger partial charge in [0, 0.05) is 0 Å². The molecule has 0 aliphatic carbocycles. The molecule has 0 spiro atoms. The number of hydrogen-bond donors (Lipinski definition) is 1. The molecule has 1 aromatic rings. The van der Waals surface area contributed by atoms with Crippen LogP contribution in [0.5, 0.6) is 5.88 Å². The van der Waals surface area contributed by atoms with Gasteiger partial charge < -0.3 is 15.2 Å². The van der Waals surface area contributed by atoms with Crippen LogP contribution in [0.4, 0.5) is 18.9 Å². The minimum absolute atomic E-state index is 0.0757. The molecule has 0 amide bonds. The van der Waals surface area contributed by atoms with Crippen molar-refractivity contribution in [3.05, 3.63) is 17.8 Å². The third-order valence-electron chi connectivity index (χ3n) is 1.74. The van der Waals surface area contributed by atoms with Crippen molar-refractivity contribution in [1.82, 2.24) is 4.98 Å². The molecule has 0 aliphatic rings. The van der Waals surface area contributed by atoms with Crippen LogP contribution in [0.25, 0.3) is 0 Å². The van der Waals surface area contributed by atoms with Crippen molar-refractivity contribution in [1.29, 1.82) is 0 Å². The Balaban J connectivity index is 2.93. The molecular formula is C10H11F3N2O3. The number of carbonyl (C=O) groups excluding carboxylic acids is 1. The van der Waals surface area contributed by atoms with E-state index in [2.05, 4.69) is 14.5 Å². The molecule has 0 fully saturated rings. The number of esters is 1. The van der Waals surface area contributed by atoms with E-state index in [4.69, 9.17) is 5.73 Å². The van der Waals surface area contributed by atoms with E-state index in [1.807, 2.05) is 0 Å². The Morgan fingerprint density at radius 3 is 2.72 bits per heavy atom. The molecule has 0 bridgehead atoms. The summed E-state index contributed by atoms with van der Waals surface area (Å²) in [6.45, 7) is 0.0938. The highest BCUT2D eigenvalue weighted by molar-refractivity contribution is 5.92. The van der Waals surface area contributed by atoms with E-state index in [0.29, 0.717) is 0 Å². The molecule has 1 rings (SSSR count). The van der Waals surface area contributed by atoms with Gasteiger partial charge in [0.15, 0.2) is 6.61 Å². The summed E-state index contributed by atoms with van der Waals surface area (Å²) in [4.78, 5) is 15.0. The summed E-state index contributed by atoms with van der Waals surface area (Å²) in [7, 11) is 0. The highest BCUT2D eigenvalue weighted by Crippen LogP contribution is 2.22. The van der Waals surface area contributed by atoms with Crippen LogP contribution in [-0.2, 0) is 4.74 Å². The second kappa shape index (κ2) is 5.56. The molecule has 0 aromatic carbocycles. The minimum Gasteiger partial charge on any atom is -0.467 e. The molecule has 0 saturated heterocycles. The largest absolute Gasteiger partial charge is 0.467 e. The van der Waals surface area contributed by atoms with Crippen LogP contribution in [0.2, 0.25) is 0 Å². The fourth-order valence-electron chi connectivity index (χ4n) is 1.09. The highest BCUT2D eigenvalue weighted by Gasteiger charge is 2.30. The average Bonchev–Trinajstić information content (AvgIpc) is 2.26. The Morgan fingerprint density at radius 1 is 1.50 bits per heavy atom. The van der Waals surface area contributed by atoms with Crippen LogP contribution in [-0.4, -0.2) is 30.3 Å². The van der Waals surface area contributed by atoms with E-state index >= 15 is 0 Å². The lowest BCUT2D eigenvalue weighted by Gasteiger charge is -2.11. The number of alkyl halides is 3. The van der Waals surface area contributed by atoms with Crippen molar-refractivity contribution in [3.63, 3.8) is 0 Å². The molecule has 0 aliphatic heterocycles. The first-order valence-corrected chi connectivity index (χ1v) is 4.95. The maximum Gasteiger partial charge on any atom is 0.422 e. The summed E-state index contributed by atoms with van der Waals surface area (Å²) < 4.78 is 45.1. The van der Waals surface area contributed by atoms with E-state index in [9.17, 15) is 18.0 Å². The van der Waals surface area contributed by atoms with Crippen LogP contribution in [0.1, 0.15) is 17.3 Å². The van der Waals surface area contributed by atoms with Crippen molar-refractivity contribution < 1.29 is 27.4 Å². The van der Waals surface area contributed by atoms with Gasteiger partial charge in [0.2, 0.25) is 5.88 Å². The molecule has 0 radical (unpaired) electrons. The first kappa shape index (κ1) is 14.1. The Labute approximate surface area is 101 Å². The zero-order chi connectivity index (χ0) is 13.8. The SMILES string of the molecule is CCOC(=O)c1cc(N)cnc1OCC(F)(F)F. The predicted octanol–water partition coefficient (Wildman–Crippen LogP) is 1.78. The van der Waals surface area contributed by atoms with Crippen molar-refractivity contribution in [2.45, 2.75) is 13.1 Å². The third kappa shape index (κ3) is 4.11. The number of aromatic nitrogens is 1. The summed E-state index contributed by atoms with van der Waals surface area (Å²) in [5, 5.41) is 0. The molecular weight excluding hydrogens is 253 g/mol. The normalized spacial score (nSPS) is 11.1. The Morgan fingerprint density at radius 2 is 2.17 bits per heavy atom. The van der Waals surface area contributed by atoms with Crippen LogP contribution >= 0.6 is 0 Å². The van der Waals surface area contributed by atoms with Gasteiger partial charge in [-0.05, 0) is 13.0 Å². The fourth-order valence-corrected chi connectivity index (χ4v) is 1.09. The smallest absolute Gasteiger partial charge is 0.422 e. The molecule has 0 unspecified atom stereocenters. The maximum atomic E-state index is 12.0. The van der Waals surface area contributed by atoms with Gasteiger partial charge in [0.25, 0.3) is 0 Å². The quantitative estimate of drug-likeness (QED) is 0.839. The summed E-state index contributed by atoms with van der Waals surface area (Å²) in [5.74, 6) is -1.30. The third-order valence-corrected chi connectivity index (χ3v) is 1.74. The monoisotopic (exact) mass is 264 g/mol. The van der Waals surface area contributed by atoms with E-state index in [-0.39, 0.29) is 17.9 Å². The van der Waals surface area contributed by atoms with E-state index in [1.165, 1.54) is 0 Å². The van der Waals surface area contributed by atoms with Crippen molar-refractivity contribution in [2.75, 3.05) is 18.9 Å². The zero-order valence-electron chi connectivity index (χ0n) is 9.45. The highest BCUT2D eigenvalue weighted by atomic mass is 19.4. The number of carbonyl (C=O) groups is 1. The van der Waals surface area contributed by atoms with Gasteiger partial charge in [-0.1, -0.05) is 0 Å². The summed E-state index contributed by atoms with van der Waals surface area (Å²) in [5.41, 5.74) is 5.28. The van der Waals surface area contributed by atoms with Crippen LogP contribution < -0.4 is 10.5 Å². The zero-order valence-corrected chi connectivity index (χ0v) is 9.45. The summed E-state index contributed by atoms with van der Waals surface area (Å²) >= 11 is 0. The summed E-state index contributed by atoms with van der Waals surface area (Å²) in [6.07, 6.45) is -3.43. The number of pyridine rings is 1. The molecule has 0 saturated carbocycles. The molecule has 0 atom stereocenters. The van der Waals surface area contributed by atoms with Crippen LogP contribution in [0.15, 0.2) is 12.3 Å². The number of anilines is 1. The molecule has 5 nitrogen and oxygen atoms in total. The first-order chi connectivity index (χ1) is 8.33. The van der Waals surface area contributed by atoms with Crippen molar-refractivity contribution in [3.8, 4) is 5.88 Å². The molecule has 100 valence electrons. The topological polar surface area (TPSA) is 74.4 Å². The van der Waals surface area contributed by atoms with Crippen molar-refractivity contribution in [2.24, 2.45) is 0 Å². The number of ether oxygens (including phenoxy) is 2. The number of nitrogen functional groups attached to an aromatic ring is 1.